The number of rotatable bonds is 6. The van der Waals surface area contributed by atoms with E-state index in [0.29, 0.717) is 6.42 Å². The Balaban J connectivity index is 2.16. The highest BCUT2D eigenvalue weighted by Gasteiger charge is 2.23. The maximum Gasteiger partial charge on any atom is 0.164 e. The molecule has 3 nitrogen and oxygen atoms in total. The molecule has 0 aromatic heterocycles. The monoisotopic (exact) mass is 386 g/mol. The fraction of sp³-hybridized carbons (Fsp3) is 0.238. The zero-order chi connectivity index (χ0) is 18.5. The van der Waals surface area contributed by atoms with Gasteiger partial charge in [0.2, 0.25) is 0 Å². The summed E-state index contributed by atoms with van der Waals surface area (Å²) in [5.41, 5.74) is 1.83. The third-order valence-corrected chi connectivity index (χ3v) is 7.84. The van der Waals surface area contributed by atoms with Gasteiger partial charge in [0, 0.05) is 28.7 Å². The van der Waals surface area contributed by atoms with Crippen molar-refractivity contribution in [3.05, 3.63) is 58.3 Å². The van der Waals surface area contributed by atoms with Gasteiger partial charge < -0.3 is 9.47 Å². The number of ketones is 1. The van der Waals surface area contributed by atoms with Crippen LogP contribution in [0.4, 0.5) is 0 Å². The maximum absolute atomic E-state index is 12.8. The molecule has 0 saturated heterocycles. The van der Waals surface area contributed by atoms with E-state index in [-0.39, 0.29) is 16.3 Å². The molecule has 0 radical (unpaired) electrons. The normalized spacial score (nSPS) is 18.2. The van der Waals surface area contributed by atoms with Gasteiger partial charge in [0.15, 0.2) is 5.78 Å². The standard InChI is InChI=1S/C21H22O3S2/c1-4-19(22)20(15-8-6-5-7-9-15)21-25-10-11-26(21)18-13-16(23-2)12-17(14-18)24-3/h5-9,11-14H,4,10H2,1-3H3/b21-20+. The predicted octanol–water partition coefficient (Wildman–Crippen LogP) is 5.23. The summed E-state index contributed by atoms with van der Waals surface area (Å²) in [7, 11) is 3.04. The third-order valence-electron chi connectivity index (χ3n) is 4.09. The Bertz CT molecular complexity index is 848. The predicted molar refractivity (Wildman–Crippen MR) is 113 cm³/mol. The number of carbonyl (C=O) groups excluding carboxylic acids is 1. The molecular weight excluding hydrogens is 364 g/mol. The topological polar surface area (TPSA) is 35.5 Å². The first-order valence-corrected chi connectivity index (χ1v) is 10.7. The first-order chi connectivity index (χ1) is 12.7. The van der Waals surface area contributed by atoms with E-state index >= 15 is 0 Å². The van der Waals surface area contributed by atoms with Crippen LogP contribution in [0.25, 0.3) is 5.57 Å². The molecule has 0 aliphatic carbocycles. The second-order valence-corrected chi connectivity index (χ2v) is 8.85. The molecular formula is C21H22O3S2. The van der Waals surface area contributed by atoms with Crippen molar-refractivity contribution in [1.82, 2.24) is 0 Å². The minimum Gasteiger partial charge on any atom is -0.497 e. The smallest absolute Gasteiger partial charge is 0.164 e. The van der Waals surface area contributed by atoms with Crippen LogP contribution in [0, 0.1) is 0 Å². The number of Topliss-reactive ketones (excluding diaryl/α,β-unsaturated/α-hetero) is 1. The molecule has 0 N–H and O–H groups in total. The van der Waals surface area contributed by atoms with Crippen molar-refractivity contribution in [2.24, 2.45) is 0 Å². The van der Waals surface area contributed by atoms with Gasteiger partial charge >= 0.3 is 0 Å². The van der Waals surface area contributed by atoms with Crippen LogP contribution >= 0.6 is 22.2 Å². The van der Waals surface area contributed by atoms with Gasteiger partial charge in [-0.2, -0.15) is 0 Å². The first kappa shape index (κ1) is 18.8. The van der Waals surface area contributed by atoms with Gasteiger partial charge in [-0.15, -0.1) is 22.2 Å². The Labute approximate surface area is 161 Å². The lowest BCUT2D eigenvalue weighted by Crippen LogP contribution is -2.02. The first-order valence-electron chi connectivity index (χ1n) is 8.43. The van der Waals surface area contributed by atoms with Crippen LogP contribution in [-0.2, 0) is 4.79 Å². The van der Waals surface area contributed by atoms with Crippen LogP contribution in [0.1, 0.15) is 18.9 Å². The Hall–Kier alpha value is -1.98. The Morgan fingerprint density at radius 2 is 1.73 bits per heavy atom. The van der Waals surface area contributed by atoms with Gasteiger partial charge in [0.05, 0.1) is 18.5 Å². The second-order valence-electron chi connectivity index (χ2n) is 5.67. The third kappa shape index (κ3) is 3.89. The molecule has 1 atom stereocenters. The van der Waals surface area contributed by atoms with Crippen LogP contribution in [0.15, 0.2) is 57.7 Å². The summed E-state index contributed by atoms with van der Waals surface area (Å²) in [4.78, 5) is 13.9. The summed E-state index contributed by atoms with van der Waals surface area (Å²) >= 11 is 1.75. The van der Waals surface area contributed by atoms with Gasteiger partial charge in [-0.25, -0.2) is 0 Å². The SMILES string of the molecule is CCC(=O)/C(=C1\SCC=S1c1cc(OC)cc(OC)c1)c1ccccc1. The fourth-order valence-corrected chi connectivity index (χ4v) is 6.83. The minimum absolute atomic E-state index is 0.182. The van der Waals surface area contributed by atoms with Crippen molar-refractivity contribution >= 4 is 39.0 Å². The molecule has 0 fully saturated rings. The van der Waals surface area contributed by atoms with E-state index < -0.39 is 0 Å². The number of carbonyl (C=O) groups is 1. The molecule has 1 aliphatic heterocycles. The lowest BCUT2D eigenvalue weighted by molar-refractivity contribution is -0.113. The van der Waals surface area contributed by atoms with Gasteiger partial charge in [0.1, 0.15) is 11.5 Å². The van der Waals surface area contributed by atoms with Crippen LogP contribution in [0.5, 0.6) is 11.5 Å². The molecule has 0 spiro atoms. The highest BCUT2D eigenvalue weighted by molar-refractivity contribution is 8.34. The number of allylic oxidation sites excluding steroid dienone is 1. The highest BCUT2D eigenvalue weighted by atomic mass is 32.2. The summed E-state index contributed by atoms with van der Waals surface area (Å²) in [5.74, 6) is 2.60. The number of thioether (sulfide) groups is 1. The number of hydrogen-bond acceptors (Lipinski definition) is 4. The molecule has 136 valence electrons. The molecule has 1 heterocycles. The fourth-order valence-electron chi connectivity index (χ4n) is 2.78. The molecule has 1 unspecified atom stereocenters. The maximum atomic E-state index is 12.8. The largest absolute Gasteiger partial charge is 0.497 e. The molecule has 2 aromatic carbocycles. The van der Waals surface area contributed by atoms with E-state index in [1.165, 1.54) is 0 Å². The second kappa shape index (κ2) is 8.60. The van der Waals surface area contributed by atoms with Crippen molar-refractivity contribution in [2.75, 3.05) is 20.0 Å². The van der Waals surface area contributed by atoms with Crippen molar-refractivity contribution in [3.8, 4) is 11.5 Å². The molecule has 26 heavy (non-hydrogen) atoms. The summed E-state index contributed by atoms with van der Waals surface area (Å²) in [6.07, 6.45) is 0.493. The minimum atomic E-state index is -0.268. The van der Waals surface area contributed by atoms with E-state index in [9.17, 15) is 4.79 Å². The molecule has 2 aromatic rings. The molecule has 0 bridgehead atoms. The lowest BCUT2D eigenvalue weighted by Gasteiger charge is -2.15. The van der Waals surface area contributed by atoms with E-state index in [1.807, 2.05) is 55.5 Å². The summed E-state index contributed by atoms with van der Waals surface area (Å²) in [6.45, 7) is 1.92. The Kier molecular flexibility index (Phi) is 6.22. The van der Waals surface area contributed by atoms with Gasteiger partial charge in [-0.3, -0.25) is 4.79 Å². The molecule has 5 heteroatoms. The van der Waals surface area contributed by atoms with Crippen molar-refractivity contribution in [2.45, 2.75) is 18.2 Å². The van der Waals surface area contributed by atoms with Gasteiger partial charge in [-0.05, 0) is 23.1 Å². The van der Waals surface area contributed by atoms with Gasteiger partial charge in [-0.1, -0.05) is 37.3 Å². The highest BCUT2D eigenvalue weighted by Crippen LogP contribution is 2.51. The van der Waals surface area contributed by atoms with E-state index in [1.54, 1.807) is 26.0 Å². The van der Waals surface area contributed by atoms with Crippen molar-refractivity contribution < 1.29 is 14.3 Å². The van der Waals surface area contributed by atoms with Crippen molar-refractivity contribution in [3.63, 3.8) is 0 Å². The van der Waals surface area contributed by atoms with Crippen LogP contribution in [-0.4, -0.2) is 31.1 Å². The van der Waals surface area contributed by atoms with Crippen LogP contribution < -0.4 is 9.47 Å². The number of ether oxygens (including phenoxy) is 2. The van der Waals surface area contributed by atoms with Crippen LogP contribution in [0.3, 0.4) is 0 Å². The summed E-state index contributed by atoms with van der Waals surface area (Å²) in [6, 6.07) is 15.9. The van der Waals surface area contributed by atoms with E-state index in [0.717, 1.165) is 37.5 Å². The summed E-state index contributed by atoms with van der Waals surface area (Å²) < 4.78 is 12.0. The number of hydrogen-bond donors (Lipinski definition) is 0. The number of benzene rings is 2. The van der Waals surface area contributed by atoms with Crippen molar-refractivity contribution in [1.29, 1.82) is 0 Å². The Morgan fingerprint density at radius 3 is 2.31 bits per heavy atom. The van der Waals surface area contributed by atoms with E-state index in [2.05, 4.69) is 5.37 Å². The number of methoxy groups -OCH3 is 2. The lowest BCUT2D eigenvalue weighted by atomic mass is 10.0. The molecule has 1 aliphatic rings. The Morgan fingerprint density at radius 1 is 1.08 bits per heavy atom. The average Bonchev–Trinajstić information content (AvgIpc) is 3.17. The molecule has 3 rings (SSSR count). The van der Waals surface area contributed by atoms with Gasteiger partial charge in [0.25, 0.3) is 0 Å². The average molecular weight is 387 g/mol. The molecule has 0 saturated carbocycles. The van der Waals surface area contributed by atoms with Crippen LogP contribution in [0.2, 0.25) is 0 Å². The molecule has 0 amide bonds. The quantitative estimate of drug-likeness (QED) is 0.503. The zero-order valence-electron chi connectivity index (χ0n) is 15.2. The summed E-state index contributed by atoms with van der Waals surface area (Å²) in [5, 5.41) is 2.28. The zero-order valence-corrected chi connectivity index (χ0v) is 16.8. The van der Waals surface area contributed by atoms with E-state index in [4.69, 9.17) is 9.47 Å².